The van der Waals surface area contributed by atoms with Crippen LogP contribution >= 0.6 is 27.3 Å². The first-order valence-corrected chi connectivity index (χ1v) is 6.95. The molecule has 0 saturated carbocycles. The molecule has 0 aliphatic rings. The summed E-state index contributed by atoms with van der Waals surface area (Å²) in [6, 6.07) is 1.99. The molecule has 84 valence electrons. The third-order valence-corrected chi connectivity index (χ3v) is 4.31. The van der Waals surface area contributed by atoms with Crippen molar-refractivity contribution in [2.45, 2.75) is 38.2 Å². The van der Waals surface area contributed by atoms with E-state index in [9.17, 15) is 5.11 Å². The second kappa shape index (κ2) is 7.20. The number of aliphatic hydroxyl groups is 1. The predicted octanol–water partition coefficient (Wildman–Crippen LogP) is 4.68. The summed E-state index contributed by atoms with van der Waals surface area (Å²) >= 11 is 5.05. The van der Waals surface area contributed by atoms with Crippen LogP contribution in [0.2, 0.25) is 0 Å². The molecule has 0 aliphatic heterocycles. The van der Waals surface area contributed by atoms with Crippen LogP contribution in [0.25, 0.3) is 0 Å². The number of thiophene rings is 1. The summed E-state index contributed by atoms with van der Waals surface area (Å²) in [5.41, 5.74) is 0. The normalized spacial score (nSPS) is 12.7. The standard InChI is InChI=1S/C12H17BrOS/c1-2-3-4-5-6-7-11(14)12-10(13)8-9-15-12/h2,8-9,11,14H,1,3-7H2. The second-order valence-corrected chi connectivity index (χ2v) is 5.38. The van der Waals surface area contributed by atoms with E-state index in [0.29, 0.717) is 0 Å². The molecule has 1 rings (SSSR count). The zero-order chi connectivity index (χ0) is 11.1. The van der Waals surface area contributed by atoms with E-state index < -0.39 is 0 Å². The highest BCUT2D eigenvalue weighted by molar-refractivity contribution is 9.10. The first kappa shape index (κ1) is 12.9. The first-order valence-electron chi connectivity index (χ1n) is 5.27. The van der Waals surface area contributed by atoms with Gasteiger partial charge in [-0.25, -0.2) is 0 Å². The minimum absolute atomic E-state index is 0.303. The van der Waals surface area contributed by atoms with Gasteiger partial charge in [0.05, 0.1) is 6.10 Å². The predicted molar refractivity (Wildman–Crippen MR) is 70.3 cm³/mol. The molecule has 1 aromatic rings. The largest absolute Gasteiger partial charge is 0.388 e. The van der Waals surface area contributed by atoms with Gasteiger partial charge in [-0.3, -0.25) is 0 Å². The molecule has 0 bridgehead atoms. The van der Waals surface area contributed by atoms with E-state index in [-0.39, 0.29) is 6.10 Å². The molecule has 0 fully saturated rings. The molecule has 0 amide bonds. The molecule has 0 spiro atoms. The summed E-state index contributed by atoms with van der Waals surface area (Å²) in [5.74, 6) is 0. The Kier molecular flexibility index (Phi) is 6.22. The molecular weight excluding hydrogens is 272 g/mol. The fourth-order valence-corrected chi connectivity index (χ4v) is 3.14. The van der Waals surface area contributed by atoms with Crippen LogP contribution in [0.3, 0.4) is 0 Å². The topological polar surface area (TPSA) is 20.2 Å². The van der Waals surface area contributed by atoms with Crippen molar-refractivity contribution in [2.24, 2.45) is 0 Å². The summed E-state index contributed by atoms with van der Waals surface area (Å²) in [5, 5.41) is 11.9. The molecule has 0 aromatic carbocycles. The van der Waals surface area contributed by atoms with Crippen molar-refractivity contribution in [1.29, 1.82) is 0 Å². The minimum Gasteiger partial charge on any atom is -0.388 e. The van der Waals surface area contributed by atoms with E-state index >= 15 is 0 Å². The Morgan fingerprint density at radius 3 is 2.87 bits per heavy atom. The van der Waals surface area contributed by atoms with Crippen LogP contribution in [-0.2, 0) is 0 Å². The van der Waals surface area contributed by atoms with Crippen molar-refractivity contribution in [3.05, 3.63) is 33.5 Å². The monoisotopic (exact) mass is 288 g/mol. The van der Waals surface area contributed by atoms with Gasteiger partial charge in [-0.15, -0.1) is 17.9 Å². The SMILES string of the molecule is C=CCCCCCC(O)c1sccc1Br. The lowest BCUT2D eigenvalue weighted by molar-refractivity contribution is 0.166. The van der Waals surface area contributed by atoms with E-state index in [1.54, 1.807) is 11.3 Å². The van der Waals surface area contributed by atoms with Crippen molar-refractivity contribution in [3.8, 4) is 0 Å². The maximum Gasteiger partial charge on any atom is 0.0893 e. The van der Waals surface area contributed by atoms with Gasteiger partial charge in [0, 0.05) is 9.35 Å². The van der Waals surface area contributed by atoms with E-state index in [1.165, 1.54) is 12.8 Å². The minimum atomic E-state index is -0.303. The fraction of sp³-hybridized carbons (Fsp3) is 0.500. The average molecular weight is 289 g/mol. The molecule has 1 aromatic heterocycles. The van der Waals surface area contributed by atoms with Gasteiger partial charge < -0.3 is 5.11 Å². The maximum atomic E-state index is 9.91. The lowest BCUT2D eigenvalue weighted by atomic mass is 10.1. The second-order valence-electron chi connectivity index (χ2n) is 3.58. The molecule has 3 heteroatoms. The van der Waals surface area contributed by atoms with Gasteiger partial charge in [-0.2, -0.15) is 0 Å². The van der Waals surface area contributed by atoms with Gasteiger partial charge >= 0.3 is 0 Å². The Bertz CT molecular complexity index is 296. The van der Waals surface area contributed by atoms with Crippen LogP contribution in [0.1, 0.15) is 43.1 Å². The number of hydrogen-bond donors (Lipinski definition) is 1. The van der Waals surface area contributed by atoms with Crippen LogP contribution in [0.5, 0.6) is 0 Å². The molecule has 1 N–H and O–H groups in total. The summed E-state index contributed by atoms with van der Waals surface area (Å²) in [6.07, 6.45) is 7.03. The average Bonchev–Trinajstić information content (AvgIpc) is 2.64. The number of halogens is 1. The van der Waals surface area contributed by atoms with Gasteiger partial charge in [0.2, 0.25) is 0 Å². The first-order chi connectivity index (χ1) is 7.25. The Morgan fingerprint density at radius 2 is 2.27 bits per heavy atom. The Morgan fingerprint density at radius 1 is 1.47 bits per heavy atom. The van der Waals surface area contributed by atoms with E-state index in [1.807, 2.05) is 17.5 Å². The van der Waals surface area contributed by atoms with Crippen molar-refractivity contribution in [2.75, 3.05) is 0 Å². The zero-order valence-electron chi connectivity index (χ0n) is 8.79. The summed E-state index contributed by atoms with van der Waals surface area (Å²) in [4.78, 5) is 1.05. The third-order valence-electron chi connectivity index (χ3n) is 2.33. The molecule has 15 heavy (non-hydrogen) atoms. The van der Waals surface area contributed by atoms with Crippen molar-refractivity contribution < 1.29 is 5.11 Å². The number of allylic oxidation sites excluding steroid dienone is 1. The lowest BCUT2D eigenvalue weighted by Crippen LogP contribution is -1.95. The van der Waals surface area contributed by atoms with Gasteiger partial charge in [0.25, 0.3) is 0 Å². The maximum absolute atomic E-state index is 9.91. The Labute approximate surface area is 104 Å². The Hall–Kier alpha value is -0.120. The lowest BCUT2D eigenvalue weighted by Gasteiger charge is -2.08. The Balaban J connectivity index is 2.22. The number of unbranched alkanes of at least 4 members (excludes halogenated alkanes) is 3. The van der Waals surface area contributed by atoms with Gasteiger partial charge in [-0.05, 0) is 46.6 Å². The van der Waals surface area contributed by atoms with Crippen LogP contribution in [0.4, 0.5) is 0 Å². The van der Waals surface area contributed by atoms with Gasteiger partial charge in [-0.1, -0.05) is 18.9 Å². The summed E-state index contributed by atoms with van der Waals surface area (Å²) < 4.78 is 1.03. The van der Waals surface area contributed by atoms with Crippen molar-refractivity contribution in [1.82, 2.24) is 0 Å². The number of aliphatic hydroxyl groups excluding tert-OH is 1. The molecular formula is C12H17BrOS. The van der Waals surface area contributed by atoms with Gasteiger partial charge in [0.1, 0.15) is 0 Å². The van der Waals surface area contributed by atoms with Gasteiger partial charge in [0.15, 0.2) is 0 Å². The highest BCUT2D eigenvalue weighted by Crippen LogP contribution is 2.31. The number of hydrogen-bond acceptors (Lipinski definition) is 2. The van der Waals surface area contributed by atoms with Crippen LogP contribution in [0, 0.1) is 0 Å². The third kappa shape index (κ3) is 4.49. The molecule has 0 saturated heterocycles. The quantitative estimate of drug-likeness (QED) is 0.570. The molecule has 1 nitrogen and oxygen atoms in total. The van der Waals surface area contributed by atoms with Crippen molar-refractivity contribution in [3.63, 3.8) is 0 Å². The van der Waals surface area contributed by atoms with Crippen molar-refractivity contribution >= 4 is 27.3 Å². The highest BCUT2D eigenvalue weighted by atomic mass is 79.9. The summed E-state index contributed by atoms with van der Waals surface area (Å²) in [6.45, 7) is 3.69. The molecule has 1 heterocycles. The van der Waals surface area contributed by atoms with Crippen LogP contribution < -0.4 is 0 Å². The van der Waals surface area contributed by atoms with E-state index in [4.69, 9.17) is 0 Å². The van der Waals surface area contributed by atoms with Crippen LogP contribution in [-0.4, -0.2) is 5.11 Å². The smallest absolute Gasteiger partial charge is 0.0893 e. The highest BCUT2D eigenvalue weighted by Gasteiger charge is 2.11. The van der Waals surface area contributed by atoms with Crippen LogP contribution in [0.15, 0.2) is 28.6 Å². The zero-order valence-corrected chi connectivity index (χ0v) is 11.2. The van der Waals surface area contributed by atoms with E-state index in [2.05, 4.69) is 22.5 Å². The molecule has 1 unspecified atom stereocenters. The molecule has 0 aliphatic carbocycles. The fourth-order valence-electron chi connectivity index (χ4n) is 1.48. The number of rotatable bonds is 7. The molecule has 1 atom stereocenters. The van der Waals surface area contributed by atoms with E-state index in [0.717, 1.165) is 28.6 Å². The molecule has 0 radical (unpaired) electrons. The summed E-state index contributed by atoms with van der Waals surface area (Å²) in [7, 11) is 0.